The van der Waals surface area contributed by atoms with Crippen LogP contribution in [-0.2, 0) is 38.1 Å². The first-order valence-corrected chi connectivity index (χ1v) is 7.49. The van der Waals surface area contributed by atoms with Crippen molar-refractivity contribution in [3.8, 4) is 0 Å². The van der Waals surface area contributed by atoms with Crippen molar-refractivity contribution >= 4 is 17.7 Å². The summed E-state index contributed by atoms with van der Waals surface area (Å²) in [5.41, 5.74) is 0. The molecule has 0 aliphatic rings. The van der Waals surface area contributed by atoms with Gasteiger partial charge in [-0.15, -0.1) is 0 Å². The topological polar surface area (TPSA) is 97.4 Å². The van der Waals surface area contributed by atoms with E-state index in [1.165, 1.54) is 13.8 Å². The fourth-order valence-electron chi connectivity index (χ4n) is 1.05. The molecule has 0 radical (unpaired) electrons. The Balaban J connectivity index is 0. The van der Waals surface area contributed by atoms with Crippen molar-refractivity contribution < 1.29 is 38.1 Å². The maximum absolute atomic E-state index is 10.5. The minimum absolute atomic E-state index is 0.145. The molecular formula is C15H28O8. The molecule has 0 aliphatic carbocycles. The third-order valence-electron chi connectivity index (χ3n) is 2.06. The fraction of sp³-hybridized carbons (Fsp3) is 0.800. The van der Waals surface area contributed by atoms with Crippen molar-refractivity contribution in [1.29, 1.82) is 0 Å². The highest BCUT2D eigenvalue weighted by molar-refractivity contribution is 6.32. The Labute approximate surface area is 137 Å². The zero-order valence-electron chi connectivity index (χ0n) is 14.4. The van der Waals surface area contributed by atoms with Crippen molar-refractivity contribution in [3.05, 3.63) is 0 Å². The zero-order valence-corrected chi connectivity index (χ0v) is 14.4. The van der Waals surface area contributed by atoms with Gasteiger partial charge in [-0.05, 0) is 13.8 Å². The number of Topliss-reactive ketones (excluding diaryl/α,β-unsaturated/α-hetero) is 1. The van der Waals surface area contributed by atoms with Gasteiger partial charge in [0.05, 0.1) is 26.4 Å². The van der Waals surface area contributed by atoms with Gasteiger partial charge in [-0.1, -0.05) is 0 Å². The van der Waals surface area contributed by atoms with Gasteiger partial charge < -0.3 is 23.7 Å². The molecule has 0 heterocycles. The second kappa shape index (κ2) is 18.5. The normalized spacial score (nSPS) is 9.57. The molecule has 0 amide bonds. The average Bonchev–Trinajstić information content (AvgIpc) is 2.50. The number of ketones is 1. The summed E-state index contributed by atoms with van der Waals surface area (Å²) in [5.74, 6) is -1.66. The molecule has 0 aromatic rings. The predicted octanol–water partition coefficient (Wildman–Crippen LogP) is 0.758. The zero-order chi connectivity index (χ0) is 17.9. The second-order valence-electron chi connectivity index (χ2n) is 4.04. The Morgan fingerprint density at radius 1 is 0.652 bits per heavy atom. The van der Waals surface area contributed by atoms with Crippen molar-refractivity contribution in [3.63, 3.8) is 0 Å². The van der Waals surface area contributed by atoms with Crippen LogP contribution in [0.2, 0.25) is 0 Å². The molecule has 0 aliphatic heterocycles. The van der Waals surface area contributed by atoms with E-state index in [1.807, 2.05) is 13.8 Å². The number of esters is 2. The molecule has 8 nitrogen and oxygen atoms in total. The summed E-state index contributed by atoms with van der Waals surface area (Å²) in [6.07, 6.45) is 0. The van der Waals surface area contributed by atoms with Crippen molar-refractivity contribution in [1.82, 2.24) is 0 Å². The lowest BCUT2D eigenvalue weighted by molar-refractivity contribution is -0.154. The maximum atomic E-state index is 10.5. The molecule has 0 N–H and O–H groups in total. The first kappa shape index (κ1) is 23.8. The third kappa shape index (κ3) is 22.9. The Morgan fingerprint density at radius 2 is 1.09 bits per heavy atom. The number of hydrogen-bond donors (Lipinski definition) is 0. The van der Waals surface area contributed by atoms with E-state index in [0.717, 1.165) is 0 Å². The Bertz CT molecular complexity index is 317. The molecular weight excluding hydrogens is 308 g/mol. The monoisotopic (exact) mass is 336 g/mol. The highest BCUT2D eigenvalue weighted by atomic mass is 16.6. The van der Waals surface area contributed by atoms with Crippen LogP contribution in [0.1, 0.15) is 27.7 Å². The van der Waals surface area contributed by atoms with Crippen LogP contribution >= 0.6 is 0 Å². The molecule has 136 valence electrons. The summed E-state index contributed by atoms with van der Waals surface area (Å²) in [6, 6.07) is 0. The summed E-state index contributed by atoms with van der Waals surface area (Å²) in [4.78, 5) is 31.0. The molecule has 0 saturated heterocycles. The molecule has 0 saturated carbocycles. The number of rotatable bonds is 12. The first-order chi connectivity index (χ1) is 11.0. The smallest absolute Gasteiger partial charge is 0.374 e. The van der Waals surface area contributed by atoms with Gasteiger partial charge in [0.1, 0.15) is 13.2 Å². The van der Waals surface area contributed by atoms with Crippen molar-refractivity contribution in [2.75, 3.05) is 52.9 Å². The van der Waals surface area contributed by atoms with Gasteiger partial charge in [-0.2, -0.15) is 0 Å². The van der Waals surface area contributed by atoms with E-state index < -0.39 is 11.8 Å². The number of ether oxygens (including phenoxy) is 5. The van der Waals surface area contributed by atoms with Crippen LogP contribution in [0.25, 0.3) is 0 Å². The van der Waals surface area contributed by atoms with Crippen molar-refractivity contribution in [2.45, 2.75) is 27.7 Å². The average molecular weight is 336 g/mol. The maximum Gasteiger partial charge on any atom is 0.374 e. The van der Waals surface area contributed by atoms with E-state index in [4.69, 9.17) is 14.2 Å². The van der Waals surface area contributed by atoms with Crippen molar-refractivity contribution in [2.24, 2.45) is 0 Å². The lowest BCUT2D eigenvalue weighted by Crippen LogP contribution is -2.16. The van der Waals surface area contributed by atoms with Gasteiger partial charge in [-0.25, -0.2) is 4.79 Å². The Kier molecular flexibility index (Phi) is 19.1. The number of hydrogen-bond acceptors (Lipinski definition) is 8. The van der Waals surface area contributed by atoms with E-state index in [0.29, 0.717) is 46.2 Å². The summed E-state index contributed by atoms with van der Waals surface area (Å²) in [5, 5.41) is 0. The molecule has 23 heavy (non-hydrogen) atoms. The molecule has 0 rings (SSSR count). The summed E-state index contributed by atoms with van der Waals surface area (Å²) in [6.45, 7) is 9.99. The van der Waals surface area contributed by atoms with Gasteiger partial charge in [0.2, 0.25) is 5.78 Å². The van der Waals surface area contributed by atoms with Gasteiger partial charge in [0.15, 0.2) is 0 Å². The van der Waals surface area contributed by atoms with Crippen LogP contribution in [0.4, 0.5) is 0 Å². The fourth-order valence-corrected chi connectivity index (χ4v) is 1.05. The van der Waals surface area contributed by atoms with Crippen LogP contribution in [0.15, 0.2) is 0 Å². The van der Waals surface area contributed by atoms with Gasteiger partial charge in [-0.3, -0.25) is 9.59 Å². The van der Waals surface area contributed by atoms with Crippen LogP contribution < -0.4 is 0 Å². The lowest BCUT2D eigenvalue weighted by Gasteiger charge is -2.03. The van der Waals surface area contributed by atoms with E-state index >= 15 is 0 Å². The van der Waals surface area contributed by atoms with E-state index in [2.05, 4.69) is 9.47 Å². The quantitative estimate of drug-likeness (QED) is 0.293. The second-order valence-corrected chi connectivity index (χ2v) is 4.04. The van der Waals surface area contributed by atoms with E-state index in [1.54, 1.807) is 0 Å². The predicted molar refractivity (Wildman–Crippen MR) is 82.1 cm³/mol. The highest BCUT2D eigenvalue weighted by Gasteiger charge is 2.07. The van der Waals surface area contributed by atoms with Crippen LogP contribution in [0, 0.1) is 0 Å². The molecule has 0 fully saturated rings. The molecule has 0 aromatic heterocycles. The van der Waals surface area contributed by atoms with E-state index in [-0.39, 0.29) is 12.6 Å². The molecule has 8 heteroatoms. The molecule has 0 spiro atoms. The first-order valence-electron chi connectivity index (χ1n) is 7.49. The minimum Gasteiger partial charge on any atom is -0.463 e. The SMILES string of the molecule is CCOCCOC(=O)C(C)=O.CCOCCOCCOC(C)=O. The van der Waals surface area contributed by atoms with Crippen LogP contribution in [0.3, 0.4) is 0 Å². The third-order valence-corrected chi connectivity index (χ3v) is 2.06. The minimum atomic E-state index is -0.801. The summed E-state index contributed by atoms with van der Waals surface area (Å²) < 4.78 is 24.1. The van der Waals surface area contributed by atoms with Gasteiger partial charge >= 0.3 is 11.9 Å². The van der Waals surface area contributed by atoms with Gasteiger partial charge in [0, 0.05) is 27.1 Å². The van der Waals surface area contributed by atoms with Crippen LogP contribution in [-0.4, -0.2) is 70.6 Å². The van der Waals surface area contributed by atoms with Gasteiger partial charge in [0.25, 0.3) is 0 Å². The Hall–Kier alpha value is -1.51. The Morgan fingerprint density at radius 3 is 1.57 bits per heavy atom. The standard InChI is InChI=1S/C8H16O4.C7H12O4/c1-3-10-4-5-11-6-7-12-8(2)9;1-3-10-4-5-11-7(9)6(2)8/h3-7H2,1-2H3;3-5H2,1-2H3. The highest BCUT2D eigenvalue weighted by Crippen LogP contribution is 1.82. The molecule has 0 bridgehead atoms. The summed E-state index contributed by atoms with van der Waals surface area (Å²) in [7, 11) is 0. The molecule has 0 atom stereocenters. The van der Waals surface area contributed by atoms with E-state index in [9.17, 15) is 14.4 Å². The summed E-state index contributed by atoms with van der Waals surface area (Å²) >= 11 is 0. The number of carbonyl (C=O) groups is 3. The lowest BCUT2D eigenvalue weighted by atomic mass is 10.5. The molecule has 0 unspecified atom stereocenters. The largest absolute Gasteiger partial charge is 0.463 e. The number of carbonyl (C=O) groups excluding carboxylic acids is 3. The van der Waals surface area contributed by atoms with Crippen LogP contribution in [0.5, 0.6) is 0 Å². The molecule has 0 aromatic carbocycles.